The maximum absolute atomic E-state index is 10.8. The molecule has 0 radical (unpaired) electrons. The van der Waals surface area contributed by atoms with E-state index in [2.05, 4.69) is 15.1 Å². The molecule has 0 bridgehead atoms. The third-order valence-electron chi connectivity index (χ3n) is 2.84. The Bertz CT molecular complexity index is 814. The van der Waals surface area contributed by atoms with E-state index >= 15 is 0 Å². The van der Waals surface area contributed by atoms with Crippen molar-refractivity contribution in [1.82, 2.24) is 19.7 Å². The highest BCUT2D eigenvalue weighted by Gasteiger charge is 2.10. The number of hydrogen-bond donors (Lipinski definition) is 1. The fourth-order valence-corrected chi connectivity index (χ4v) is 1.86. The van der Waals surface area contributed by atoms with E-state index in [1.54, 1.807) is 30.5 Å². The van der Waals surface area contributed by atoms with Crippen molar-refractivity contribution in [2.75, 3.05) is 5.73 Å². The monoisotopic (exact) mass is 282 g/mol. The van der Waals surface area contributed by atoms with Crippen LogP contribution in [0.15, 0.2) is 48.9 Å². The molecule has 0 fully saturated rings. The normalized spacial score (nSPS) is 10.5. The van der Waals surface area contributed by atoms with E-state index in [-0.39, 0.29) is 5.69 Å². The van der Waals surface area contributed by atoms with Crippen LogP contribution >= 0.6 is 0 Å². The Morgan fingerprint density at radius 2 is 2.05 bits per heavy atom. The zero-order chi connectivity index (χ0) is 14.8. The van der Waals surface area contributed by atoms with E-state index in [0.717, 1.165) is 0 Å². The van der Waals surface area contributed by atoms with Gasteiger partial charge in [-0.15, -0.1) is 5.10 Å². The van der Waals surface area contributed by atoms with Gasteiger partial charge in [0.15, 0.2) is 5.82 Å². The third kappa shape index (κ3) is 2.54. The van der Waals surface area contributed by atoms with Crippen LogP contribution in [0, 0.1) is 10.1 Å². The summed E-state index contributed by atoms with van der Waals surface area (Å²) in [5.41, 5.74) is 6.91. The molecule has 3 aromatic rings. The van der Waals surface area contributed by atoms with Crippen LogP contribution in [0.25, 0.3) is 17.1 Å². The lowest BCUT2D eigenvalue weighted by Gasteiger charge is -2.00. The summed E-state index contributed by atoms with van der Waals surface area (Å²) in [7, 11) is 0. The molecule has 8 nitrogen and oxygen atoms in total. The zero-order valence-corrected chi connectivity index (χ0v) is 10.7. The SMILES string of the molecule is Nc1cc(-n2cnc(-c3cccc([N+](=O)[O-])c3)n2)ccn1. The van der Waals surface area contributed by atoms with E-state index in [1.165, 1.54) is 23.1 Å². The van der Waals surface area contributed by atoms with Gasteiger partial charge in [0.2, 0.25) is 0 Å². The lowest BCUT2D eigenvalue weighted by molar-refractivity contribution is -0.384. The minimum atomic E-state index is -0.454. The molecule has 8 heteroatoms. The summed E-state index contributed by atoms with van der Waals surface area (Å²) < 4.78 is 1.53. The quantitative estimate of drug-likeness (QED) is 0.579. The molecule has 1 aromatic carbocycles. The number of rotatable bonds is 3. The first-order valence-corrected chi connectivity index (χ1v) is 6.02. The number of benzene rings is 1. The van der Waals surface area contributed by atoms with Crippen molar-refractivity contribution in [3.63, 3.8) is 0 Å². The Balaban J connectivity index is 1.98. The first-order valence-electron chi connectivity index (χ1n) is 6.02. The van der Waals surface area contributed by atoms with Crippen LogP contribution in [-0.4, -0.2) is 24.7 Å². The molecule has 0 spiro atoms. The van der Waals surface area contributed by atoms with Crippen molar-refractivity contribution in [3.8, 4) is 17.1 Å². The van der Waals surface area contributed by atoms with Gasteiger partial charge in [0.05, 0.1) is 10.6 Å². The van der Waals surface area contributed by atoms with Crippen LogP contribution in [0.5, 0.6) is 0 Å². The molecule has 3 rings (SSSR count). The Hall–Kier alpha value is -3.29. The lowest BCUT2D eigenvalue weighted by Crippen LogP contribution is -1.98. The molecular weight excluding hydrogens is 272 g/mol. The summed E-state index contributed by atoms with van der Waals surface area (Å²) >= 11 is 0. The summed E-state index contributed by atoms with van der Waals surface area (Å²) in [6, 6.07) is 9.56. The maximum atomic E-state index is 10.8. The predicted molar refractivity (Wildman–Crippen MR) is 75.7 cm³/mol. The van der Waals surface area contributed by atoms with Crippen LogP contribution in [0.2, 0.25) is 0 Å². The number of nitrogens with two attached hydrogens (primary N) is 1. The van der Waals surface area contributed by atoms with E-state index < -0.39 is 4.92 Å². The van der Waals surface area contributed by atoms with Crippen molar-refractivity contribution in [1.29, 1.82) is 0 Å². The number of nitro groups is 1. The molecule has 0 saturated carbocycles. The van der Waals surface area contributed by atoms with E-state index in [1.807, 2.05) is 0 Å². The van der Waals surface area contributed by atoms with Crippen LogP contribution < -0.4 is 5.73 Å². The molecule has 0 amide bonds. The number of non-ortho nitro benzene ring substituents is 1. The molecule has 2 heterocycles. The van der Waals surface area contributed by atoms with Gasteiger partial charge in [0.1, 0.15) is 12.1 Å². The summed E-state index contributed by atoms with van der Waals surface area (Å²) in [4.78, 5) is 18.4. The molecule has 0 saturated heterocycles. The summed E-state index contributed by atoms with van der Waals surface area (Å²) in [5.74, 6) is 0.772. The number of nitrogens with zero attached hydrogens (tertiary/aromatic N) is 5. The van der Waals surface area contributed by atoms with Crippen molar-refractivity contribution in [2.45, 2.75) is 0 Å². The maximum Gasteiger partial charge on any atom is 0.270 e. The average Bonchev–Trinajstić information content (AvgIpc) is 2.97. The highest BCUT2D eigenvalue weighted by molar-refractivity contribution is 5.58. The van der Waals surface area contributed by atoms with Gasteiger partial charge in [0, 0.05) is 30.0 Å². The molecule has 2 N–H and O–H groups in total. The van der Waals surface area contributed by atoms with E-state index in [0.29, 0.717) is 22.9 Å². The number of nitro benzene ring substituents is 1. The van der Waals surface area contributed by atoms with Gasteiger partial charge in [-0.1, -0.05) is 12.1 Å². The first kappa shape index (κ1) is 12.7. The second kappa shape index (κ2) is 5.00. The lowest BCUT2D eigenvalue weighted by atomic mass is 10.2. The molecule has 0 unspecified atom stereocenters. The number of hydrogen-bond acceptors (Lipinski definition) is 6. The topological polar surface area (TPSA) is 113 Å². The minimum absolute atomic E-state index is 0.00277. The van der Waals surface area contributed by atoms with Gasteiger partial charge in [0.25, 0.3) is 5.69 Å². The highest BCUT2D eigenvalue weighted by atomic mass is 16.6. The largest absolute Gasteiger partial charge is 0.384 e. The second-order valence-corrected chi connectivity index (χ2v) is 4.26. The van der Waals surface area contributed by atoms with Gasteiger partial charge in [-0.3, -0.25) is 10.1 Å². The Morgan fingerprint density at radius 3 is 2.81 bits per heavy atom. The highest BCUT2D eigenvalue weighted by Crippen LogP contribution is 2.21. The molecule has 21 heavy (non-hydrogen) atoms. The van der Waals surface area contributed by atoms with Gasteiger partial charge < -0.3 is 5.73 Å². The molecule has 0 aliphatic heterocycles. The van der Waals surface area contributed by atoms with E-state index in [4.69, 9.17) is 5.73 Å². The summed E-state index contributed by atoms with van der Waals surface area (Å²) in [5, 5.41) is 15.1. The fourth-order valence-electron chi connectivity index (χ4n) is 1.86. The summed E-state index contributed by atoms with van der Waals surface area (Å²) in [6.07, 6.45) is 3.09. The molecule has 2 aromatic heterocycles. The number of anilines is 1. The van der Waals surface area contributed by atoms with Gasteiger partial charge in [-0.05, 0) is 6.07 Å². The Labute approximate surface area is 119 Å². The summed E-state index contributed by atoms with van der Waals surface area (Å²) in [6.45, 7) is 0. The van der Waals surface area contributed by atoms with Gasteiger partial charge >= 0.3 is 0 Å². The van der Waals surface area contributed by atoms with E-state index in [9.17, 15) is 10.1 Å². The van der Waals surface area contributed by atoms with Gasteiger partial charge in [-0.25, -0.2) is 14.6 Å². The molecule has 0 atom stereocenters. The second-order valence-electron chi connectivity index (χ2n) is 4.26. The molecule has 0 aliphatic rings. The molecule has 104 valence electrons. The van der Waals surface area contributed by atoms with Crippen molar-refractivity contribution in [2.24, 2.45) is 0 Å². The van der Waals surface area contributed by atoms with Crippen molar-refractivity contribution < 1.29 is 4.92 Å². The van der Waals surface area contributed by atoms with Crippen LogP contribution in [0.1, 0.15) is 0 Å². The van der Waals surface area contributed by atoms with Crippen LogP contribution in [-0.2, 0) is 0 Å². The number of aromatic nitrogens is 4. The smallest absolute Gasteiger partial charge is 0.270 e. The van der Waals surface area contributed by atoms with Crippen molar-refractivity contribution in [3.05, 3.63) is 59.0 Å². The Morgan fingerprint density at radius 1 is 1.19 bits per heavy atom. The molecule has 0 aliphatic carbocycles. The Kier molecular flexibility index (Phi) is 3.03. The van der Waals surface area contributed by atoms with Crippen LogP contribution in [0.3, 0.4) is 0 Å². The predicted octanol–water partition coefficient (Wildman–Crippen LogP) is 1.82. The zero-order valence-electron chi connectivity index (χ0n) is 10.7. The van der Waals surface area contributed by atoms with Crippen LogP contribution in [0.4, 0.5) is 11.5 Å². The minimum Gasteiger partial charge on any atom is -0.384 e. The fraction of sp³-hybridized carbons (Fsp3) is 0. The first-order chi connectivity index (χ1) is 10.1. The van der Waals surface area contributed by atoms with Crippen molar-refractivity contribution >= 4 is 11.5 Å². The number of pyridine rings is 1. The third-order valence-corrected chi connectivity index (χ3v) is 2.84. The van der Waals surface area contributed by atoms with Gasteiger partial charge in [-0.2, -0.15) is 0 Å². The standard InChI is InChI=1S/C13H10N6O2/c14-12-7-10(4-5-15-12)18-8-16-13(17-18)9-2-1-3-11(6-9)19(20)21/h1-8H,(H2,14,15). The average molecular weight is 282 g/mol. The molecular formula is C13H10N6O2. The number of nitrogen functional groups attached to an aromatic ring is 1.